The van der Waals surface area contributed by atoms with Crippen LogP contribution in [0.4, 0.5) is 24.0 Å². The number of pyridine rings is 1. The highest BCUT2D eigenvalue weighted by molar-refractivity contribution is 7.14. The summed E-state index contributed by atoms with van der Waals surface area (Å²) in [7, 11) is 0. The number of carbonyl (C=O) groups excluding carboxylic acids is 2. The number of benzene rings is 2. The van der Waals surface area contributed by atoms with Crippen molar-refractivity contribution in [3.63, 3.8) is 0 Å². The van der Waals surface area contributed by atoms with Crippen molar-refractivity contribution in [2.24, 2.45) is 0 Å². The molecule has 0 saturated heterocycles. The van der Waals surface area contributed by atoms with Crippen LogP contribution < -0.4 is 10.5 Å². The molecule has 0 aliphatic rings. The molecular formula is C23H16F3N3O4S. The van der Waals surface area contributed by atoms with E-state index in [9.17, 15) is 27.6 Å². The first kappa shape index (κ1) is 23.2. The third-order valence-corrected chi connectivity index (χ3v) is 5.67. The van der Waals surface area contributed by atoms with E-state index >= 15 is 0 Å². The smallest absolute Gasteiger partial charge is 0.416 e. The minimum absolute atomic E-state index is 0.00944. The Hall–Kier alpha value is -3.99. The molecule has 2 heterocycles. The van der Waals surface area contributed by atoms with Gasteiger partial charge in [0.1, 0.15) is 6.61 Å². The van der Waals surface area contributed by atoms with Gasteiger partial charge in [0.15, 0.2) is 5.13 Å². The van der Waals surface area contributed by atoms with E-state index in [0.717, 1.165) is 34.4 Å². The number of nitrogens with zero attached hydrogens (tertiary/aromatic N) is 2. The number of rotatable bonds is 5. The van der Waals surface area contributed by atoms with Gasteiger partial charge in [-0.25, -0.2) is 9.78 Å². The van der Waals surface area contributed by atoms with Gasteiger partial charge in [-0.3, -0.25) is 14.5 Å². The standard InChI is InChI=1S/C23H16F3N3O4S/c1-13(30)29(16-6-4-5-14(9-16)23(24,25)26)22-27-15(12-34-22)11-33-21(32)18-10-20(31)28-19-8-3-2-7-17(18)19/h2-10,12H,11H2,1H3,(H,28,31). The number of amides is 1. The van der Waals surface area contributed by atoms with Gasteiger partial charge in [0, 0.05) is 29.3 Å². The average molecular weight is 487 g/mol. The number of H-pyrrole nitrogens is 1. The molecule has 11 heteroatoms. The molecule has 0 aliphatic heterocycles. The fourth-order valence-electron chi connectivity index (χ4n) is 3.30. The molecule has 0 spiro atoms. The van der Waals surface area contributed by atoms with Crippen LogP contribution in [0.5, 0.6) is 0 Å². The molecule has 1 N–H and O–H groups in total. The summed E-state index contributed by atoms with van der Waals surface area (Å²) in [6.45, 7) is 0.949. The van der Waals surface area contributed by atoms with E-state index in [1.807, 2.05) is 0 Å². The first-order valence-corrected chi connectivity index (χ1v) is 10.7. The molecule has 0 saturated carbocycles. The molecular weight excluding hydrogens is 471 g/mol. The summed E-state index contributed by atoms with van der Waals surface area (Å²) >= 11 is 1.01. The number of anilines is 2. The minimum Gasteiger partial charge on any atom is -0.456 e. The average Bonchev–Trinajstić information content (AvgIpc) is 3.24. The molecule has 4 aromatic rings. The molecule has 2 aromatic carbocycles. The quantitative estimate of drug-likeness (QED) is 0.398. The lowest BCUT2D eigenvalue weighted by molar-refractivity contribution is -0.137. The van der Waals surface area contributed by atoms with Crippen LogP contribution >= 0.6 is 11.3 Å². The van der Waals surface area contributed by atoms with Crippen molar-refractivity contribution in [1.82, 2.24) is 9.97 Å². The number of hydrogen-bond donors (Lipinski definition) is 1. The highest BCUT2D eigenvalue weighted by Crippen LogP contribution is 2.35. The molecule has 0 radical (unpaired) electrons. The van der Waals surface area contributed by atoms with Gasteiger partial charge >= 0.3 is 12.1 Å². The van der Waals surface area contributed by atoms with Crippen LogP contribution in [0.15, 0.2) is 64.8 Å². The van der Waals surface area contributed by atoms with Crippen LogP contribution in [-0.2, 0) is 22.3 Å². The van der Waals surface area contributed by atoms with Gasteiger partial charge in [0.2, 0.25) is 11.5 Å². The van der Waals surface area contributed by atoms with Crippen molar-refractivity contribution in [1.29, 1.82) is 0 Å². The summed E-state index contributed by atoms with van der Waals surface area (Å²) in [4.78, 5) is 44.6. The van der Waals surface area contributed by atoms with Gasteiger partial charge < -0.3 is 9.72 Å². The lowest BCUT2D eigenvalue weighted by Crippen LogP contribution is -2.23. The Bertz CT molecular complexity index is 1450. The summed E-state index contributed by atoms with van der Waals surface area (Å²) in [5.74, 6) is -1.27. The van der Waals surface area contributed by atoms with Crippen LogP contribution in [0.3, 0.4) is 0 Å². The number of esters is 1. The molecule has 0 aliphatic carbocycles. The predicted molar refractivity (Wildman–Crippen MR) is 120 cm³/mol. The zero-order valence-corrected chi connectivity index (χ0v) is 18.4. The fourth-order valence-corrected chi connectivity index (χ4v) is 4.18. The normalized spacial score (nSPS) is 11.4. The number of ether oxygens (including phenoxy) is 1. The summed E-state index contributed by atoms with van der Waals surface area (Å²) in [5, 5.41) is 2.17. The predicted octanol–water partition coefficient (Wildman–Crippen LogP) is 5.05. The molecule has 7 nitrogen and oxygen atoms in total. The Morgan fingerprint density at radius 3 is 2.62 bits per heavy atom. The molecule has 2 aromatic heterocycles. The van der Waals surface area contributed by atoms with Crippen molar-refractivity contribution in [2.75, 3.05) is 4.90 Å². The number of hydrogen-bond acceptors (Lipinski definition) is 6. The minimum atomic E-state index is -4.57. The molecule has 0 atom stereocenters. The number of halogens is 3. The Kier molecular flexibility index (Phi) is 6.20. The topological polar surface area (TPSA) is 92.4 Å². The highest BCUT2D eigenvalue weighted by atomic mass is 32.1. The van der Waals surface area contributed by atoms with Crippen LogP contribution in [-0.4, -0.2) is 21.8 Å². The van der Waals surface area contributed by atoms with E-state index in [1.165, 1.54) is 24.4 Å². The lowest BCUT2D eigenvalue weighted by atomic mass is 10.1. The van der Waals surface area contributed by atoms with Crippen LogP contribution in [0.2, 0.25) is 0 Å². The van der Waals surface area contributed by atoms with Crippen LogP contribution in [0.1, 0.15) is 28.5 Å². The maximum atomic E-state index is 13.1. The van der Waals surface area contributed by atoms with E-state index in [1.54, 1.807) is 24.3 Å². The zero-order chi connectivity index (χ0) is 24.5. The number of carbonyl (C=O) groups is 2. The SMILES string of the molecule is CC(=O)N(c1cccc(C(F)(F)F)c1)c1nc(COC(=O)c2cc(=O)[nH]c3ccccc23)cs1. The Morgan fingerprint density at radius 1 is 1.12 bits per heavy atom. The molecule has 34 heavy (non-hydrogen) atoms. The summed E-state index contributed by atoms with van der Waals surface area (Å²) in [6.07, 6.45) is -4.57. The molecule has 4 rings (SSSR count). The maximum Gasteiger partial charge on any atom is 0.416 e. The Labute approximate surface area is 194 Å². The number of thiazole rings is 1. The first-order valence-electron chi connectivity index (χ1n) is 9.85. The van der Waals surface area contributed by atoms with E-state index in [-0.39, 0.29) is 23.0 Å². The van der Waals surface area contributed by atoms with Crippen molar-refractivity contribution in [3.05, 3.63) is 87.2 Å². The van der Waals surface area contributed by atoms with Crippen molar-refractivity contribution >= 4 is 44.9 Å². The van der Waals surface area contributed by atoms with Gasteiger partial charge in [0.25, 0.3) is 0 Å². The van der Waals surface area contributed by atoms with Gasteiger partial charge in [0.05, 0.1) is 22.5 Å². The third kappa shape index (κ3) is 4.84. The van der Waals surface area contributed by atoms with E-state index in [0.29, 0.717) is 16.6 Å². The van der Waals surface area contributed by atoms with E-state index in [2.05, 4.69) is 9.97 Å². The summed E-state index contributed by atoms with van der Waals surface area (Å²) < 4.78 is 44.6. The monoisotopic (exact) mass is 487 g/mol. The van der Waals surface area contributed by atoms with Gasteiger partial charge in [-0.2, -0.15) is 13.2 Å². The highest BCUT2D eigenvalue weighted by Gasteiger charge is 2.31. The third-order valence-electron chi connectivity index (χ3n) is 4.80. The number of para-hydroxylation sites is 1. The molecule has 0 unspecified atom stereocenters. The summed E-state index contributed by atoms with van der Waals surface area (Å²) in [6, 6.07) is 12.2. The van der Waals surface area contributed by atoms with Crippen molar-refractivity contribution in [3.8, 4) is 0 Å². The van der Waals surface area contributed by atoms with E-state index < -0.39 is 29.2 Å². The second-order valence-electron chi connectivity index (χ2n) is 7.19. The number of aromatic nitrogens is 2. The number of aromatic amines is 1. The van der Waals surface area contributed by atoms with Crippen molar-refractivity contribution in [2.45, 2.75) is 19.7 Å². The lowest BCUT2D eigenvalue weighted by Gasteiger charge is -2.19. The van der Waals surface area contributed by atoms with Gasteiger partial charge in [-0.15, -0.1) is 11.3 Å². The first-order chi connectivity index (χ1) is 16.1. The number of alkyl halides is 3. The zero-order valence-electron chi connectivity index (χ0n) is 17.6. The number of fused-ring (bicyclic) bond motifs is 1. The van der Waals surface area contributed by atoms with Crippen LogP contribution in [0, 0.1) is 0 Å². The Balaban J connectivity index is 1.55. The van der Waals surface area contributed by atoms with Gasteiger partial charge in [-0.05, 0) is 24.3 Å². The molecule has 174 valence electrons. The van der Waals surface area contributed by atoms with E-state index in [4.69, 9.17) is 4.74 Å². The van der Waals surface area contributed by atoms with Crippen LogP contribution in [0.25, 0.3) is 10.9 Å². The summed E-state index contributed by atoms with van der Waals surface area (Å²) in [5.41, 5.74) is -0.483. The largest absolute Gasteiger partial charge is 0.456 e. The Morgan fingerprint density at radius 2 is 1.88 bits per heavy atom. The maximum absolute atomic E-state index is 13.1. The second-order valence-corrected chi connectivity index (χ2v) is 8.03. The second kappa shape index (κ2) is 9.10. The van der Waals surface area contributed by atoms with Gasteiger partial charge in [-0.1, -0.05) is 24.3 Å². The number of nitrogens with one attached hydrogen (secondary N) is 1. The molecule has 1 amide bonds. The molecule has 0 bridgehead atoms. The van der Waals surface area contributed by atoms with Crippen molar-refractivity contribution < 1.29 is 27.5 Å². The molecule has 0 fully saturated rings. The fraction of sp³-hybridized carbons (Fsp3) is 0.130.